The number of amides is 4. The highest BCUT2D eigenvalue weighted by molar-refractivity contribution is 7.92. The summed E-state index contributed by atoms with van der Waals surface area (Å²) in [5, 5.41) is 26.2. The number of hydrogen-bond acceptors (Lipinski definition) is 17. The van der Waals surface area contributed by atoms with Gasteiger partial charge in [-0.25, -0.2) is 13.4 Å². The maximum Gasteiger partial charge on any atom is 0.254 e. The third-order valence-corrected chi connectivity index (χ3v) is 13.7. The van der Waals surface area contributed by atoms with E-state index < -0.39 is 63.0 Å². The molecule has 3 aromatic heterocycles. The molecule has 5 aromatic rings. The topological polar surface area (TPSA) is 308 Å². The minimum absolute atomic E-state index is 0.0464. The van der Waals surface area contributed by atoms with E-state index in [4.69, 9.17) is 24.7 Å². The number of hydrogen-bond donors (Lipinski definition) is 7. The third kappa shape index (κ3) is 15.9. The van der Waals surface area contributed by atoms with Crippen LogP contribution in [0.2, 0.25) is 0 Å². The molecule has 392 valence electrons. The van der Waals surface area contributed by atoms with Gasteiger partial charge in [-0.3, -0.25) is 38.8 Å². The van der Waals surface area contributed by atoms with Gasteiger partial charge in [0.2, 0.25) is 33.5 Å². The second-order valence-electron chi connectivity index (χ2n) is 18.0. The Morgan fingerprint density at radius 1 is 0.890 bits per heavy atom. The number of carbonyl (C=O) groups excluding carboxylic acids is 5. The summed E-state index contributed by atoms with van der Waals surface area (Å²) in [7, 11) is -3.47. The number of benzene rings is 2. The summed E-state index contributed by atoms with van der Waals surface area (Å²) >= 11 is 1.56. The van der Waals surface area contributed by atoms with Crippen LogP contribution in [-0.4, -0.2) is 151 Å². The van der Waals surface area contributed by atoms with E-state index in [9.17, 15) is 37.5 Å². The van der Waals surface area contributed by atoms with Gasteiger partial charge in [0.25, 0.3) is 5.91 Å². The maximum atomic E-state index is 13.9. The van der Waals surface area contributed by atoms with Crippen molar-refractivity contribution in [3.8, 4) is 21.7 Å². The zero-order chi connectivity index (χ0) is 52.7. The zero-order valence-corrected chi connectivity index (χ0v) is 42.9. The number of Topliss-reactive ketones (excluding diaryl/α,β-unsaturated/α-hetero) is 1. The van der Waals surface area contributed by atoms with E-state index in [2.05, 4.69) is 40.8 Å². The normalized spacial score (nSPS) is 15.2. The highest BCUT2D eigenvalue weighted by atomic mass is 32.2. The molecule has 0 bridgehead atoms. The standard InChI is InChI=1S/C49H62N10O12S2/c1-6-73(66,67)58-34-13-11-32(12-14-34)42-41(45(50)63)46(57-56-42)54-35-15-16-51-37(23-35)39(61)27-70-21-19-68-17-18-69-20-22-71-28-40(62)55-44(49(3,4)5)48(65)59-26-36(60)24-38(59)47(64)52-25-31-7-9-33(10-8-31)43-30(2)53-29-72-43/h7-16,23,29,36,38,44,58,60H,6,17-22,24-28H2,1-5H3,(H2,50,63)(H,52,64)(H,55,62)(H2,51,54,56,57)/t36-,38-,44-/m1/s1. The summed E-state index contributed by atoms with van der Waals surface area (Å²) in [5.74, 6) is -2.58. The van der Waals surface area contributed by atoms with Crippen LogP contribution in [0.15, 0.2) is 72.4 Å². The lowest BCUT2D eigenvalue weighted by Crippen LogP contribution is -2.58. The van der Waals surface area contributed by atoms with Gasteiger partial charge in [0.05, 0.1) is 73.3 Å². The fraction of sp³-hybridized carbons (Fsp3) is 0.429. The molecule has 1 fully saturated rings. The lowest BCUT2D eigenvalue weighted by atomic mass is 9.85. The van der Waals surface area contributed by atoms with Crippen molar-refractivity contribution in [3.05, 3.63) is 94.9 Å². The number of ether oxygens (including phenoxy) is 4. The van der Waals surface area contributed by atoms with E-state index in [1.807, 2.05) is 31.2 Å². The van der Waals surface area contributed by atoms with Gasteiger partial charge in [-0.2, -0.15) is 5.10 Å². The number of β-amino-alcohol motifs (C(OH)–C–C–N with tert-alkyl or cyclic N) is 1. The third-order valence-electron chi connectivity index (χ3n) is 11.4. The number of nitrogens with zero attached hydrogens (tertiary/aromatic N) is 4. The molecule has 0 radical (unpaired) electrons. The number of nitrogens with one attached hydrogen (secondary N) is 5. The van der Waals surface area contributed by atoms with E-state index >= 15 is 0 Å². The van der Waals surface area contributed by atoms with Crippen LogP contribution < -0.4 is 26.4 Å². The van der Waals surface area contributed by atoms with Crippen molar-refractivity contribution in [2.24, 2.45) is 11.1 Å². The van der Waals surface area contributed by atoms with Crippen LogP contribution in [0.25, 0.3) is 21.7 Å². The first-order valence-corrected chi connectivity index (χ1v) is 26.0. The number of ketones is 1. The van der Waals surface area contributed by atoms with Crippen LogP contribution in [0.4, 0.5) is 17.2 Å². The highest BCUT2D eigenvalue weighted by Crippen LogP contribution is 2.31. The Kier molecular flexibility index (Phi) is 19.7. The maximum absolute atomic E-state index is 13.9. The molecule has 0 spiro atoms. The van der Waals surface area contributed by atoms with E-state index in [0.717, 1.165) is 21.7 Å². The molecule has 0 unspecified atom stereocenters. The number of rotatable bonds is 27. The number of aromatic amines is 1. The number of likely N-dealkylation sites (tertiary alicyclic amines) is 1. The minimum Gasteiger partial charge on any atom is -0.391 e. The molecule has 6 rings (SSSR count). The number of H-pyrrole nitrogens is 1. The number of aromatic nitrogens is 4. The molecule has 1 aliphatic rings. The number of primary amides is 1. The predicted octanol–water partition coefficient (Wildman–Crippen LogP) is 3.57. The fourth-order valence-corrected chi connectivity index (χ4v) is 9.03. The van der Waals surface area contributed by atoms with Gasteiger partial charge in [-0.05, 0) is 54.7 Å². The predicted molar refractivity (Wildman–Crippen MR) is 272 cm³/mol. The van der Waals surface area contributed by atoms with Crippen molar-refractivity contribution in [1.82, 2.24) is 35.7 Å². The van der Waals surface area contributed by atoms with E-state index in [1.54, 1.807) is 68.0 Å². The SMILES string of the molecule is CCS(=O)(=O)Nc1ccc(-c2[nH]nc(Nc3ccnc(C(=O)COCCOCCOCCOCC(=O)N[C@H](C(=O)N4C[C@H](O)C[C@@H]4C(=O)NCc4ccc(-c5scnc5C)cc4)C(C)(C)C)c3)c2C(N)=O)cc1. The van der Waals surface area contributed by atoms with Gasteiger partial charge in [-0.1, -0.05) is 57.2 Å². The van der Waals surface area contributed by atoms with Crippen LogP contribution in [0.1, 0.15) is 66.2 Å². The second-order valence-corrected chi connectivity index (χ2v) is 20.9. The highest BCUT2D eigenvalue weighted by Gasteiger charge is 2.44. The van der Waals surface area contributed by atoms with Crippen molar-refractivity contribution in [1.29, 1.82) is 0 Å². The Bertz CT molecular complexity index is 2800. The molecule has 22 nitrogen and oxygen atoms in total. The Hall–Kier alpha value is -6.67. The lowest BCUT2D eigenvalue weighted by molar-refractivity contribution is -0.144. The number of aliphatic hydroxyl groups is 1. The molecule has 24 heteroatoms. The quantitative estimate of drug-likeness (QED) is 0.0292. The monoisotopic (exact) mass is 1050 g/mol. The first-order valence-electron chi connectivity index (χ1n) is 23.4. The van der Waals surface area contributed by atoms with Gasteiger partial charge in [0.15, 0.2) is 5.82 Å². The van der Waals surface area contributed by atoms with Crippen molar-refractivity contribution in [2.45, 2.75) is 65.8 Å². The Labute approximate surface area is 427 Å². The molecular formula is C49H62N10O12S2. The molecular weight excluding hydrogens is 985 g/mol. The van der Waals surface area contributed by atoms with Gasteiger partial charge in [0, 0.05) is 42.6 Å². The molecule has 8 N–H and O–H groups in total. The van der Waals surface area contributed by atoms with E-state index in [1.165, 1.54) is 24.1 Å². The first-order chi connectivity index (χ1) is 34.8. The van der Waals surface area contributed by atoms with E-state index in [0.29, 0.717) is 22.6 Å². The number of sulfonamides is 1. The molecule has 1 aliphatic heterocycles. The smallest absolute Gasteiger partial charge is 0.254 e. The number of aryl methyl sites for hydroxylation is 1. The van der Waals surface area contributed by atoms with Crippen molar-refractivity contribution >= 4 is 68.0 Å². The number of nitrogens with two attached hydrogens (primary N) is 1. The van der Waals surface area contributed by atoms with E-state index in [-0.39, 0.29) is 95.2 Å². The summed E-state index contributed by atoms with van der Waals surface area (Å²) < 4.78 is 48.3. The molecule has 73 heavy (non-hydrogen) atoms. The lowest BCUT2D eigenvalue weighted by Gasteiger charge is -2.35. The van der Waals surface area contributed by atoms with Crippen LogP contribution in [0, 0.1) is 12.3 Å². The number of thiazole rings is 1. The largest absolute Gasteiger partial charge is 0.391 e. The summed E-state index contributed by atoms with van der Waals surface area (Å²) in [6.45, 7) is 9.42. The molecule has 4 heterocycles. The van der Waals surface area contributed by atoms with Crippen LogP contribution in [0.3, 0.4) is 0 Å². The summed E-state index contributed by atoms with van der Waals surface area (Å²) in [4.78, 5) is 76.6. The average molecular weight is 1050 g/mol. The van der Waals surface area contributed by atoms with Gasteiger partial charge in [0.1, 0.15) is 36.6 Å². The molecule has 2 aromatic carbocycles. The number of pyridine rings is 1. The molecule has 4 amide bonds. The summed E-state index contributed by atoms with van der Waals surface area (Å²) in [6.07, 6.45) is 0.580. The molecule has 3 atom stereocenters. The summed E-state index contributed by atoms with van der Waals surface area (Å²) in [6, 6.07) is 15.2. The Morgan fingerprint density at radius 3 is 2.15 bits per heavy atom. The van der Waals surface area contributed by atoms with Gasteiger partial charge >= 0.3 is 0 Å². The Morgan fingerprint density at radius 2 is 1.53 bits per heavy atom. The first kappa shape index (κ1) is 55.6. The zero-order valence-electron chi connectivity index (χ0n) is 41.3. The average Bonchev–Trinajstić information content (AvgIpc) is 4.10. The number of aliphatic hydroxyl groups excluding tert-OH is 1. The Balaban J connectivity index is 0.844. The van der Waals surface area contributed by atoms with Crippen LogP contribution in [-0.2, 0) is 49.9 Å². The van der Waals surface area contributed by atoms with Gasteiger partial charge < -0.3 is 50.6 Å². The van der Waals surface area contributed by atoms with Crippen molar-refractivity contribution < 1.29 is 56.4 Å². The minimum atomic E-state index is -3.47. The molecule has 0 aliphatic carbocycles. The molecule has 0 saturated carbocycles. The fourth-order valence-electron chi connectivity index (χ4n) is 7.58. The molecule has 1 saturated heterocycles. The van der Waals surface area contributed by atoms with Gasteiger partial charge in [-0.15, -0.1) is 11.3 Å². The van der Waals surface area contributed by atoms with Crippen molar-refractivity contribution in [3.63, 3.8) is 0 Å². The number of anilines is 3. The van der Waals surface area contributed by atoms with Crippen LogP contribution >= 0.6 is 11.3 Å². The summed E-state index contributed by atoms with van der Waals surface area (Å²) in [5.41, 5.74) is 11.3. The second kappa shape index (κ2) is 25.8. The van der Waals surface area contributed by atoms with Crippen LogP contribution in [0.5, 0.6) is 0 Å². The number of carbonyl (C=O) groups is 5. The van der Waals surface area contributed by atoms with Crippen molar-refractivity contribution in [2.75, 3.05) is 75.2 Å².